The maximum atomic E-state index is 13.3. The molecule has 1 aliphatic carbocycles. The summed E-state index contributed by atoms with van der Waals surface area (Å²) < 4.78 is 13.3. The van der Waals surface area contributed by atoms with E-state index in [0.29, 0.717) is 5.56 Å². The number of carbonyl (C=O) groups is 1. The Morgan fingerprint density at radius 2 is 2.22 bits per heavy atom. The molecule has 0 amide bonds. The lowest BCUT2D eigenvalue weighted by atomic mass is 9.78. The lowest BCUT2D eigenvalue weighted by Crippen LogP contribution is -2.27. The highest BCUT2D eigenvalue weighted by atomic mass is 35.5. The van der Waals surface area contributed by atoms with Crippen LogP contribution in [0.5, 0.6) is 0 Å². The Labute approximate surface area is 112 Å². The third-order valence-corrected chi connectivity index (χ3v) is 4.47. The van der Waals surface area contributed by atoms with Gasteiger partial charge in [0, 0.05) is 12.3 Å². The molecule has 1 atom stereocenters. The summed E-state index contributed by atoms with van der Waals surface area (Å²) in [4.78, 5) is 12.3. The molecule has 0 saturated heterocycles. The molecule has 1 unspecified atom stereocenters. The second-order valence-electron chi connectivity index (χ2n) is 5.79. The molecule has 0 radical (unpaired) electrons. The summed E-state index contributed by atoms with van der Waals surface area (Å²) in [6.45, 7) is 4.27. The third kappa shape index (κ3) is 2.59. The van der Waals surface area contributed by atoms with E-state index < -0.39 is 5.82 Å². The molecule has 98 valence electrons. The minimum atomic E-state index is -0.451. The minimum Gasteiger partial charge on any atom is -0.299 e. The number of benzene rings is 1. The Kier molecular flexibility index (Phi) is 3.76. The van der Waals surface area contributed by atoms with E-state index >= 15 is 0 Å². The topological polar surface area (TPSA) is 17.1 Å². The van der Waals surface area contributed by atoms with Crippen molar-refractivity contribution in [3.05, 3.63) is 34.6 Å². The molecule has 18 heavy (non-hydrogen) atoms. The van der Waals surface area contributed by atoms with E-state index in [1.807, 2.05) is 0 Å². The van der Waals surface area contributed by atoms with Crippen LogP contribution in [-0.4, -0.2) is 5.78 Å². The van der Waals surface area contributed by atoms with Crippen LogP contribution in [0.15, 0.2) is 18.2 Å². The average Bonchev–Trinajstić information content (AvgIpc) is 2.65. The molecule has 0 N–H and O–H groups in total. The normalized spacial score (nSPS) is 22.1. The van der Waals surface area contributed by atoms with Gasteiger partial charge in [-0.1, -0.05) is 44.0 Å². The van der Waals surface area contributed by atoms with Crippen LogP contribution in [0.25, 0.3) is 0 Å². The fourth-order valence-corrected chi connectivity index (χ4v) is 3.11. The number of ketones is 1. The van der Waals surface area contributed by atoms with Gasteiger partial charge >= 0.3 is 0 Å². The first-order valence-electron chi connectivity index (χ1n) is 6.37. The molecule has 2 rings (SSSR count). The van der Waals surface area contributed by atoms with Crippen LogP contribution in [0.3, 0.4) is 0 Å². The molecule has 1 aromatic carbocycles. The molecule has 3 heteroatoms. The lowest BCUT2D eigenvalue weighted by molar-refractivity contribution is -0.124. The zero-order chi connectivity index (χ0) is 13.3. The van der Waals surface area contributed by atoms with Crippen molar-refractivity contribution in [2.45, 2.75) is 39.5 Å². The second kappa shape index (κ2) is 5.00. The van der Waals surface area contributed by atoms with Crippen molar-refractivity contribution in [1.29, 1.82) is 0 Å². The van der Waals surface area contributed by atoms with Crippen molar-refractivity contribution >= 4 is 17.4 Å². The molecule has 1 aliphatic rings. The SMILES string of the molecule is CC1(C)CCCC1C(=O)Cc1cccc(F)c1Cl. The van der Waals surface area contributed by atoms with Gasteiger partial charge in [-0.3, -0.25) is 4.79 Å². The summed E-state index contributed by atoms with van der Waals surface area (Å²) >= 11 is 5.89. The van der Waals surface area contributed by atoms with E-state index in [1.54, 1.807) is 12.1 Å². The van der Waals surface area contributed by atoms with Gasteiger partial charge in [0.25, 0.3) is 0 Å². The number of Topliss-reactive ketones (excluding diaryl/α,β-unsaturated/α-hetero) is 1. The van der Waals surface area contributed by atoms with Gasteiger partial charge < -0.3 is 0 Å². The van der Waals surface area contributed by atoms with E-state index in [9.17, 15) is 9.18 Å². The molecule has 0 bridgehead atoms. The van der Waals surface area contributed by atoms with Crippen molar-refractivity contribution < 1.29 is 9.18 Å². The Bertz CT molecular complexity index is 468. The summed E-state index contributed by atoms with van der Waals surface area (Å²) in [5, 5.41) is 0.0849. The Morgan fingerprint density at radius 3 is 2.83 bits per heavy atom. The van der Waals surface area contributed by atoms with Crippen LogP contribution in [0.2, 0.25) is 5.02 Å². The van der Waals surface area contributed by atoms with Gasteiger partial charge in [-0.05, 0) is 29.9 Å². The zero-order valence-corrected chi connectivity index (χ0v) is 11.6. The van der Waals surface area contributed by atoms with E-state index in [-0.39, 0.29) is 28.6 Å². The summed E-state index contributed by atoms with van der Waals surface area (Å²) in [6.07, 6.45) is 3.37. The summed E-state index contributed by atoms with van der Waals surface area (Å²) in [5.74, 6) is -0.186. The van der Waals surface area contributed by atoms with Crippen LogP contribution in [0, 0.1) is 17.2 Å². The number of hydrogen-bond donors (Lipinski definition) is 0. The first kappa shape index (κ1) is 13.5. The van der Waals surface area contributed by atoms with Crippen molar-refractivity contribution in [2.75, 3.05) is 0 Å². The van der Waals surface area contributed by atoms with Crippen LogP contribution in [0.1, 0.15) is 38.7 Å². The smallest absolute Gasteiger partial charge is 0.142 e. The Balaban J connectivity index is 2.15. The lowest BCUT2D eigenvalue weighted by Gasteiger charge is -2.25. The van der Waals surface area contributed by atoms with E-state index in [1.165, 1.54) is 6.07 Å². The van der Waals surface area contributed by atoms with Crippen molar-refractivity contribution in [3.63, 3.8) is 0 Å². The highest BCUT2D eigenvalue weighted by Gasteiger charge is 2.38. The molecule has 1 fully saturated rings. The molecule has 0 aliphatic heterocycles. The minimum absolute atomic E-state index is 0.0664. The summed E-state index contributed by atoms with van der Waals surface area (Å²) in [7, 11) is 0. The van der Waals surface area contributed by atoms with Gasteiger partial charge in [0.1, 0.15) is 11.6 Å². The molecule has 0 spiro atoms. The molecule has 1 saturated carbocycles. The first-order valence-corrected chi connectivity index (χ1v) is 6.75. The maximum Gasteiger partial charge on any atom is 0.142 e. The Morgan fingerprint density at radius 1 is 1.50 bits per heavy atom. The van der Waals surface area contributed by atoms with E-state index in [0.717, 1.165) is 19.3 Å². The highest BCUT2D eigenvalue weighted by molar-refractivity contribution is 6.31. The number of hydrogen-bond acceptors (Lipinski definition) is 1. The quantitative estimate of drug-likeness (QED) is 0.793. The Hall–Kier alpha value is -0.890. The number of halogens is 2. The molecular formula is C15H18ClFO. The average molecular weight is 269 g/mol. The fourth-order valence-electron chi connectivity index (χ4n) is 2.92. The summed E-state index contributed by atoms with van der Waals surface area (Å²) in [6, 6.07) is 4.64. The first-order chi connectivity index (χ1) is 8.42. The predicted molar refractivity (Wildman–Crippen MR) is 71.2 cm³/mol. The van der Waals surface area contributed by atoms with Crippen LogP contribution in [0.4, 0.5) is 4.39 Å². The van der Waals surface area contributed by atoms with Crippen molar-refractivity contribution in [2.24, 2.45) is 11.3 Å². The fraction of sp³-hybridized carbons (Fsp3) is 0.533. The third-order valence-electron chi connectivity index (χ3n) is 4.04. The van der Waals surface area contributed by atoms with Gasteiger partial charge in [0.2, 0.25) is 0 Å². The number of rotatable bonds is 3. The van der Waals surface area contributed by atoms with Gasteiger partial charge in [-0.15, -0.1) is 0 Å². The van der Waals surface area contributed by atoms with Gasteiger partial charge in [0.05, 0.1) is 5.02 Å². The molecule has 1 nitrogen and oxygen atoms in total. The second-order valence-corrected chi connectivity index (χ2v) is 6.17. The predicted octanol–water partition coefficient (Wildman–Crippen LogP) is 4.42. The molecule has 1 aromatic rings. The molecular weight excluding hydrogens is 251 g/mol. The van der Waals surface area contributed by atoms with E-state index in [2.05, 4.69) is 13.8 Å². The molecule has 0 heterocycles. The standard InChI is InChI=1S/C15H18ClFO/c1-15(2)8-4-6-11(15)13(18)9-10-5-3-7-12(17)14(10)16/h3,5,7,11H,4,6,8-9H2,1-2H3. The van der Waals surface area contributed by atoms with Crippen LogP contribution in [-0.2, 0) is 11.2 Å². The zero-order valence-electron chi connectivity index (χ0n) is 10.8. The monoisotopic (exact) mass is 268 g/mol. The van der Waals surface area contributed by atoms with Gasteiger partial charge in [-0.2, -0.15) is 0 Å². The number of carbonyl (C=O) groups excluding carboxylic acids is 1. The molecule has 0 aromatic heterocycles. The summed E-state index contributed by atoms with van der Waals surface area (Å²) in [5.41, 5.74) is 0.668. The van der Waals surface area contributed by atoms with Crippen molar-refractivity contribution in [1.82, 2.24) is 0 Å². The van der Waals surface area contributed by atoms with Gasteiger partial charge in [0.15, 0.2) is 0 Å². The van der Waals surface area contributed by atoms with E-state index in [4.69, 9.17) is 11.6 Å². The van der Waals surface area contributed by atoms with Gasteiger partial charge in [-0.25, -0.2) is 4.39 Å². The maximum absolute atomic E-state index is 13.3. The largest absolute Gasteiger partial charge is 0.299 e. The van der Waals surface area contributed by atoms with Crippen LogP contribution < -0.4 is 0 Å². The van der Waals surface area contributed by atoms with Crippen LogP contribution >= 0.6 is 11.6 Å². The van der Waals surface area contributed by atoms with Crippen molar-refractivity contribution in [3.8, 4) is 0 Å². The highest BCUT2D eigenvalue weighted by Crippen LogP contribution is 2.43.